The Bertz CT molecular complexity index is 934. The van der Waals surface area contributed by atoms with Crippen LogP contribution in [-0.4, -0.2) is 70.3 Å². The Balaban J connectivity index is 1.36. The van der Waals surface area contributed by atoms with E-state index in [1.165, 1.54) is 4.31 Å². The minimum Gasteiger partial charge on any atom is -0.389 e. The third kappa shape index (κ3) is 3.88. The highest BCUT2D eigenvalue weighted by atomic mass is 32.2. The Labute approximate surface area is 166 Å². The fourth-order valence-electron chi connectivity index (χ4n) is 4.56. The van der Waals surface area contributed by atoms with E-state index in [0.717, 1.165) is 42.5 Å². The second-order valence-corrected chi connectivity index (χ2v) is 10.6. The van der Waals surface area contributed by atoms with Gasteiger partial charge in [0.05, 0.1) is 16.7 Å². The number of fused-ring (bicyclic) bond motifs is 1. The molecule has 154 valence electrons. The second kappa shape index (κ2) is 7.27. The summed E-state index contributed by atoms with van der Waals surface area (Å²) < 4.78 is 26.9. The zero-order chi connectivity index (χ0) is 19.9. The van der Waals surface area contributed by atoms with Gasteiger partial charge in [-0.05, 0) is 51.0 Å². The maximum atomic E-state index is 12.7. The first-order valence-corrected chi connectivity index (χ1v) is 11.6. The number of hydrogen-bond donors (Lipinski definition) is 2. The van der Waals surface area contributed by atoms with E-state index in [2.05, 4.69) is 26.9 Å². The molecule has 0 spiro atoms. The number of anilines is 1. The third-order valence-electron chi connectivity index (χ3n) is 6.29. The van der Waals surface area contributed by atoms with E-state index in [0.29, 0.717) is 19.0 Å². The van der Waals surface area contributed by atoms with Crippen molar-refractivity contribution in [2.24, 2.45) is 5.92 Å². The molecule has 8 nitrogen and oxygen atoms in total. The van der Waals surface area contributed by atoms with E-state index in [1.54, 1.807) is 13.3 Å². The Hall–Kier alpha value is -1.71. The molecule has 4 rings (SSSR count). The Morgan fingerprint density at radius 3 is 2.75 bits per heavy atom. The Morgan fingerprint density at radius 2 is 2.07 bits per heavy atom. The van der Waals surface area contributed by atoms with Crippen LogP contribution in [0, 0.1) is 5.92 Å². The van der Waals surface area contributed by atoms with Gasteiger partial charge in [0.2, 0.25) is 10.0 Å². The highest BCUT2D eigenvalue weighted by Gasteiger charge is 2.39. The summed E-state index contributed by atoms with van der Waals surface area (Å²) in [6.45, 7) is 2.35. The predicted octanol–water partition coefficient (Wildman–Crippen LogP) is 1.74. The largest absolute Gasteiger partial charge is 0.389 e. The van der Waals surface area contributed by atoms with E-state index in [9.17, 15) is 13.5 Å². The van der Waals surface area contributed by atoms with Crippen molar-refractivity contribution in [3.8, 4) is 0 Å². The summed E-state index contributed by atoms with van der Waals surface area (Å²) in [5, 5.41) is 11.1. The fraction of sp³-hybridized carbons (Fsp3) is 0.684. The van der Waals surface area contributed by atoms with Crippen LogP contribution in [0.2, 0.25) is 0 Å². The highest BCUT2D eigenvalue weighted by Crippen LogP contribution is 2.33. The normalized spacial score (nSPS) is 29.4. The number of H-pyrrole nitrogens is 1. The first kappa shape index (κ1) is 19.6. The highest BCUT2D eigenvalue weighted by molar-refractivity contribution is 7.89. The van der Waals surface area contributed by atoms with Gasteiger partial charge in [-0.1, -0.05) is 0 Å². The van der Waals surface area contributed by atoms with Crippen molar-refractivity contribution >= 4 is 26.9 Å². The molecule has 2 aromatic rings. The lowest BCUT2D eigenvalue weighted by Crippen LogP contribution is -2.40. The molecule has 2 aromatic heterocycles. The van der Waals surface area contributed by atoms with E-state index >= 15 is 0 Å². The molecule has 1 aliphatic carbocycles. The average Bonchev–Trinajstić information content (AvgIpc) is 3.27. The first-order chi connectivity index (χ1) is 13.3. The van der Waals surface area contributed by atoms with Crippen molar-refractivity contribution in [2.75, 3.05) is 30.8 Å². The summed E-state index contributed by atoms with van der Waals surface area (Å²) in [5.41, 5.74) is -0.0627. The third-order valence-corrected chi connectivity index (χ3v) is 8.28. The topological polar surface area (TPSA) is 102 Å². The van der Waals surface area contributed by atoms with Gasteiger partial charge in [0, 0.05) is 32.4 Å². The van der Waals surface area contributed by atoms with Gasteiger partial charge in [-0.3, -0.25) is 0 Å². The van der Waals surface area contributed by atoms with E-state index in [4.69, 9.17) is 0 Å². The molecule has 0 bridgehead atoms. The molecule has 1 atom stereocenters. The summed E-state index contributed by atoms with van der Waals surface area (Å²) in [4.78, 5) is 14.0. The number of aromatic amines is 1. The van der Waals surface area contributed by atoms with Gasteiger partial charge in [-0.2, -0.15) is 4.31 Å². The SMILES string of the molecule is CN(c1ncnc2[nH]ccc12)C1CCC(CS(=O)(=O)N2CC[C@](C)(O)C2)CC1. The molecule has 9 heteroatoms. The van der Waals surface area contributed by atoms with Crippen molar-refractivity contribution in [1.82, 2.24) is 19.3 Å². The van der Waals surface area contributed by atoms with Gasteiger partial charge in [-0.25, -0.2) is 18.4 Å². The summed E-state index contributed by atoms with van der Waals surface area (Å²) in [7, 11) is -1.25. The molecule has 1 saturated carbocycles. The van der Waals surface area contributed by atoms with Gasteiger partial charge < -0.3 is 15.0 Å². The number of aliphatic hydroxyl groups is 1. The summed E-state index contributed by atoms with van der Waals surface area (Å²) in [6.07, 6.45) is 7.63. The lowest BCUT2D eigenvalue weighted by molar-refractivity contribution is 0.0762. The zero-order valence-electron chi connectivity index (χ0n) is 16.5. The van der Waals surface area contributed by atoms with E-state index < -0.39 is 15.6 Å². The predicted molar refractivity (Wildman–Crippen MR) is 109 cm³/mol. The van der Waals surface area contributed by atoms with E-state index in [1.807, 2.05) is 12.3 Å². The van der Waals surface area contributed by atoms with Crippen LogP contribution in [0.5, 0.6) is 0 Å². The van der Waals surface area contributed by atoms with Crippen molar-refractivity contribution in [1.29, 1.82) is 0 Å². The van der Waals surface area contributed by atoms with Gasteiger partial charge in [-0.15, -0.1) is 0 Å². The Kier molecular flexibility index (Phi) is 5.09. The van der Waals surface area contributed by atoms with Crippen LogP contribution in [0.1, 0.15) is 39.0 Å². The minimum absolute atomic E-state index is 0.179. The van der Waals surface area contributed by atoms with E-state index in [-0.39, 0.29) is 18.2 Å². The average molecular weight is 408 g/mol. The molecule has 0 aromatic carbocycles. The lowest BCUT2D eigenvalue weighted by atomic mass is 9.86. The van der Waals surface area contributed by atoms with Crippen LogP contribution < -0.4 is 4.90 Å². The number of nitrogens with zero attached hydrogens (tertiary/aromatic N) is 4. The molecular formula is C19H29N5O3S. The van der Waals surface area contributed by atoms with Gasteiger partial charge in [0.15, 0.2) is 0 Å². The second-order valence-electron chi connectivity index (χ2n) is 8.58. The van der Waals surface area contributed by atoms with Crippen LogP contribution >= 0.6 is 0 Å². The monoisotopic (exact) mass is 407 g/mol. The number of nitrogens with one attached hydrogen (secondary N) is 1. The molecule has 0 unspecified atom stereocenters. The molecular weight excluding hydrogens is 378 g/mol. The first-order valence-electron chi connectivity index (χ1n) is 9.96. The lowest BCUT2D eigenvalue weighted by Gasteiger charge is -2.35. The van der Waals surface area contributed by atoms with Gasteiger partial charge in [0.25, 0.3) is 0 Å². The summed E-state index contributed by atoms with van der Waals surface area (Å²) in [5.74, 6) is 1.29. The fourth-order valence-corrected chi connectivity index (χ4v) is 6.54. The summed E-state index contributed by atoms with van der Waals surface area (Å²) in [6, 6.07) is 2.34. The molecule has 2 aliphatic rings. The van der Waals surface area contributed by atoms with Crippen molar-refractivity contribution in [2.45, 2.75) is 50.7 Å². The number of aromatic nitrogens is 3. The molecule has 0 amide bonds. The van der Waals surface area contributed by atoms with Crippen LogP contribution in [0.15, 0.2) is 18.6 Å². The number of β-amino-alcohol motifs (C(OH)–C–C–N with tert-alkyl or cyclic N) is 1. The Morgan fingerprint density at radius 1 is 1.32 bits per heavy atom. The van der Waals surface area contributed by atoms with Crippen molar-refractivity contribution in [3.63, 3.8) is 0 Å². The molecule has 3 heterocycles. The van der Waals surface area contributed by atoms with Crippen LogP contribution in [0.4, 0.5) is 5.82 Å². The smallest absolute Gasteiger partial charge is 0.214 e. The van der Waals surface area contributed by atoms with Crippen LogP contribution in [0.3, 0.4) is 0 Å². The maximum Gasteiger partial charge on any atom is 0.214 e. The molecule has 1 saturated heterocycles. The molecule has 0 radical (unpaired) electrons. The number of sulfonamides is 1. The zero-order valence-corrected chi connectivity index (χ0v) is 17.3. The van der Waals surface area contributed by atoms with Gasteiger partial charge in [0.1, 0.15) is 17.8 Å². The number of rotatable bonds is 5. The van der Waals surface area contributed by atoms with Crippen molar-refractivity contribution in [3.05, 3.63) is 18.6 Å². The number of hydrogen-bond acceptors (Lipinski definition) is 6. The van der Waals surface area contributed by atoms with Crippen LogP contribution in [-0.2, 0) is 10.0 Å². The maximum absolute atomic E-state index is 12.7. The van der Waals surface area contributed by atoms with Crippen LogP contribution in [0.25, 0.3) is 11.0 Å². The standard InChI is InChI=1S/C19H29N5O3S/c1-19(25)8-10-24(12-19)28(26,27)11-14-3-5-15(6-4-14)23(2)18-16-7-9-20-17(16)21-13-22-18/h7,9,13-15,25H,3-6,8,10-12H2,1-2H3,(H,20,21,22)/t14?,15?,19-/m0/s1. The van der Waals surface area contributed by atoms with Crippen molar-refractivity contribution < 1.29 is 13.5 Å². The van der Waals surface area contributed by atoms with Gasteiger partial charge >= 0.3 is 0 Å². The summed E-state index contributed by atoms with van der Waals surface area (Å²) >= 11 is 0. The molecule has 2 fully saturated rings. The molecule has 28 heavy (non-hydrogen) atoms. The minimum atomic E-state index is -3.31. The molecule has 1 aliphatic heterocycles. The molecule has 2 N–H and O–H groups in total. The quantitative estimate of drug-likeness (QED) is 0.783.